The van der Waals surface area contributed by atoms with Gasteiger partial charge in [0.05, 0.1) is 4.90 Å². The zero-order valence-electron chi connectivity index (χ0n) is 18.2. The van der Waals surface area contributed by atoms with Gasteiger partial charge in [0, 0.05) is 22.5 Å². The van der Waals surface area contributed by atoms with Crippen LogP contribution in [0.2, 0.25) is 0 Å². The molecule has 4 nitrogen and oxygen atoms in total. The molecule has 4 rings (SSSR count). The standard InChI is InChI=1S/C26H22FN3OS2/c1-17-6-12-22(13-7-17)33-23-15-28-26(32-16-19-8-10-20(27)11-9-19)30-24(23)25(31)29-21-5-3-4-18(2)14-21/h3-15H,16H2,1-2H3,(H,29,31). The molecule has 1 aromatic heterocycles. The molecule has 166 valence electrons. The van der Waals surface area contributed by atoms with Crippen LogP contribution in [-0.2, 0) is 5.75 Å². The van der Waals surface area contributed by atoms with E-state index in [4.69, 9.17) is 0 Å². The van der Waals surface area contributed by atoms with Crippen molar-refractivity contribution in [1.29, 1.82) is 0 Å². The number of carbonyl (C=O) groups is 1. The van der Waals surface area contributed by atoms with Gasteiger partial charge in [-0.05, 0) is 61.4 Å². The van der Waals surface area contributed by atoms with E-state index in [2.05, 4.69) is 15.3 Å². The molecule has 1 heterocycles. The molecule has 3 aromatic carbocycles. The largest absolute Gasteiger partial charge is 0.321 e. The van der Waals surface area contributed by atoms with Gasteiger partial charge in [0.2, 0.25) is 0 Å². The number of nitrogens with one attached hydrogen (secondary N) is 1. The Kier molecular flexibility index (Phi) is 7.42. The van der Waals surface area contributed by atoms with Gasteiger partial charge in [-0.3, -0.25) is 4.79 Å². The number of thioether (sulfide) groups is 1. The molecular weight excluding hydrogens is 453 g/mol. The lowest BCUT2D eigenvalue weighted by atomic mass is 10.2. The lowest BCUT2D eigenvalue weighted by Crippen LogP contribution is -2.16. The van der Waals surface area contributed by atoms with E-state index in [0.29, 0.717) is 27.2 Å². The van der Waals surface area contributed by atoms with E-state index in [1.165, 1.54) is 41.2 Å². The van der Waals surface area contributed by atoms with Crippen LogP contribution in [0.15, 0.2) is 93.9 Å². The maximum atomic E-state index is 13.2. The smallest absolute Gasteiger partial charge is 0.275 e. The minimum Gasteiger partial charge on any atom is -0.321 e. The van der Waals surface area contributed by atoms with E-state index in [0.717, 1.165) is 16.0 Å². The van der Waals surface area contributed by atoms with Gasteiger partial charge < -0.3 is 5.32 Å². The van der Waals surface area contributed by atoms with E-state index in [1.807, 2.05) is 62.4 Å². The second-order valence-corrected chi connectivity index (χ2v) is 9.58. The highest BCUT2D eigenvalue weighted by Crippen LogP contribution is 2.31. The summed E-state index contributed by atoms with van der Waals surface area (Å²) >= 11 is 2.86. The van der Waals surface area contributed by atoms with Crippen molar-refractivity contribution in [2.24, 2.45) is 0 Å². The van der Waals surface area contributed by atoms with Gasteiger partial charge in [0.25, 0.3) is 5.91 Å². The topological polar surface area (TPSA) is 54.9 Å². The average molecular weight is 476 g/mol. The third kappa shape index (κ3) is 6.43. The minimum absolute atomic E-state index is 0.271. The monoisotopic (exact) mass is 475 g/mol. The van der Waals surface area contributed by atoms with Gasteiger partial charge in [-0.2, -0.15) is 0 Å². The van der Waals surface area contributed by atoms with E-state index in [-0.39, 0.29) is 11.7 Å². The number of nitrogens with zero attached hydrogens (tertiary/aromatic N) is 2. The zero-order valence-corrected chi connectivity index (χ0v) is 19.8. The SMILES string of the molecule is Cc1ccc(Sc2cnc(SCc3ccc(F)cc3)nc2C(=O)Nc2cccc(C)c2)cc1. The van der Waals surface area contributed by atoms with Crippen molar-refractivity contribution in [3.63, 3.8) is 0 Å². The Labute approximate surface area is 201 Å². The highest BCUT2D eigenvalue weighted by atomic mass is 32.2. The number of anilines is 1. The molecule has 7 heteroatoms. The molecule has 4 aromatic rings. The summed E-state index contributed by atoms with van der Waals surface area (Å²) < 4.78 is 13.2. The summed E-state index contributed by atoms with van der Waals surface area (Å²) in [5.74, 6) is 0.0118. The minimum atomic E-state index is -0.291. The number of carbonyl (C=O) groups excluding carboxylic acids is 1. The van der Waals surface area contributed by atoms with Crippen LogP contribution in [0.1, 0.15) is 27.2 Å². The summed E-state index contributed by atoms with van der Waals surface area (Å²) in [6.07, 6.45) is 1.69. The molecule has 1 N–H and O–H groups in total. The second-order valence-electron chi connectivity index (χ2n) is 7.52. The number of hydrogen-bond acceptors (Lipinski definition) is 5. The number of halogens is 1. The molecule has 0 atom stereocenters. The van der Waals surface area contributed by atoms with Crippen LogP contribution in [0.25, 0.3) is 0 Å². The molecule has 33 heavy (non-hydrogen) atoms. The van der Waals surface area contributed by atoms with Crippen LogP contribution in [0, 0.1) is 19.7 Å². The fourth-order valence-corrected chi connectivity index (χ4v) is 4.67. The summed E-state index contributed by atoms with van der Waals surface area (Å²) in [5.41, 5.74) is 4.21. The summed E-state index contributed by atoms with van der Waals surface area (Å²) in [7, 11) is 0. The maximum Gasteiger partial charge on any atom is 0.275 e. The predicted octanol–water partition coefficient (Wildman–Crippen LogP) is 6.93. The quantitative estimate of drug-likeness (QED) is 0.232. The number of aromatic nitrogens is 2. The molecular formula is C26H22FN3OS2. The molecule has 1 amide bonds. The van der Waals surface area contributed by atoms with Crippen molar-refractivity contribution in [3.05, 3.63) is 107 Å². The zero-order chi connectivity index (χ0) is 23.2. The lowest BCUT2D eigenvalue weighted by molar-refractivity contribution is 0.101. The Balaban J connectivity index is 1.59. The number of rotatable bonds is 7. The summed E-state index contributed by atoms with van der Waals surface area (Å²) in [5, 5.41) is 3.44. The molecule has 0 fully saturated rings. The first-order chi connectivity index (χ1) is 16.0. The van der Waals surface area contributed by atoms with Crippen LogP contribution in [0.4, 0.5) is 10.1 Å². The first-order valence-corrected chi connectivity index (χ1v) is 12.1. The predicted molar refractivity (Wildman–Crippen MR) is 132 cm³/mol. The summed E-state index contributed by atoms with van der Waals surface area (Å²) in [6, 6.07) is 22.0. The Morgan fingerprint density at radius 1 is 0.970 bits per heavy atom. The van der Waals surface area contributed by atoms with E-state index < -0.39 is 0 Å². The van der Waals surface area contributed by atoms with Crippen molar-refractivity contribution in [2.75, 3.05) is 5.32 Å². The molecule has 0 saturated heterocycles. The van der Waals surface area contributed by atoms with Crippen LogP contribution in [-0.4, -0.2) is 15.9 Å². The molecule has 0 bridgehead atoms. The Morgan fingerprint density at radius 3 is 2.45 bits per heavy atom. The number of amides is 1. The first-order valence-electron chi connectivity index (χ1n) is 10.3. The molecule has 0 unspecified atom stereocenters. The lowest BCUT2D eigenvalue weighted by Gasteiger charge is -2.11. The Bertz CT molecular complexity index is 1260. The summed E-state index contributed by atoms with van der Waals surface area (Å²) in [4.78, 5) is 23.9. The molecule has 0 aliphatic heterocycles. The fourth-order valence-electron chi connectivity index (χ4n) is 3.04. The molecule has 0 saturated carbocycles. The van der Waals surface area contributed by atoms with Crippen molar-refractivity contribution in [2.45, 2.75) is 34.5 Å². The normalized spacial score (nSPS) is 10.8. The highest BCUT2D eigenvalue weighted by molar-refractivity contribution is 7.99. The third-order valence-electron chi connectivity index (χ3n) is 4.75. The highest BCUT2D eigenvalue weighted by Gasteiger charge is 2.17. The van der Waals surface area contributed by atoms with Crippen molar-refractivity contribution >= 4 is 35.1 Å². The number of benzene rings is 3. The third-order valence-corrected chi connectivity index (χ3v) is 6.71. The van der Waals surface area contributed by atoms with Crippen LogP contribution in [0.3, 0.4) is 0 Å². The molecule has 0 radical (unpaired) electrons. The molecule has 0 aliphatic carbocycles. The van der Waals surface area contributed by atoms with E-state index in [9.17, 15) is 9.18 Å². The molecule has 0 aliphatic rings. The van der Waals surface area contributed by atoms with Crippen molar-refractivity contribution < 1.29 is 9.18 Å². The van der Waals surface area contributed by atoms with Crippen LogP contribution < -0.4 is 5.32 Å². The molecule has 0 spiro atoms. The second kappa shape index (κ2) is 10.6. The van der Waals surface area contributed by atoms with Gasteiger partial charge in [-0.25, -0.2) is 14.4 Å². The van der Waals surface area contributed by atoms with Crippen molar-refractivity contribution in [1.82, 2.24) is 9.97 Å². The first kappa shape index (κ1) is 23.0. The van der Waals surface area contributed by atoms with Crippen LogP contribution in [0.5, 0.6) is 0 Å². The maximum absolute atomic E-state index is 13.2. The van der Waals surface area contributed by atoms with Crippen molar-refractivity contribution in [3.8, 4) is 0 Å². The van der Waals surface area contributed by atoms with Gasteiger partial charge in [-0.1, -0.05) is 65.5 Å². The number of aryl methyl sites for hydroxylation is 2. The van der Waals surface area contributed by atoms with Gasteiger partial charge in [-0.15, -0.1) is 0 Å². The number of hydrogen-bond donors (Lipinski definition) is 1. The Hall–Kier alpha value is -3.16. The van der Waals surface area contributed by atoms with E-state index in [1.54, 1.807) is 18.3 Å². The summed E-state index contributed by atoms with van der Waals surface area (Å²) in [6.45, 7) is 4.01. The average Bonchev–Trinajstić information content (AvgIpc) is 2.81. The van der Waals surface area contributed by atoms with Crippen LogP contribution >= 0.6 is 23.5 Å². The van der Waals surface area contributed by atoms with Gasteiger partial charge in [0.15, 0.2) is 5.16 Å². The van der Waals surface area contributed by atoms with Gasteiger partial charge >= 0.3 is 0 Å². The van der Waals surface area contributed by atoms with Gasteiger partial charge in [0.1, 0.15) is 11.5 Å². The van der Waals surface area contributed by atoms with E-state index >= 15 is 0 Å². The fraction of sp³-hybridized carbons (Fsp3) is 0.115. The Morgan fingerprint density at radius 2 is 1.73 bits per heavy atom.